The lowest BCUT2D eigenvalue weighted by Crippen LogP contribution is -2.01. The fourth-order valence-electron chi connectivity index (χ4n) is 2.05. The minimum absolute atomic E-state index is 0.265. The van der Waals surface area contributed by atoms with Gasteiger partial charge in [-0.05, 0) is 37.1 Å². The molecule has 1 aromatic carbocycles. The van der Waals surface area contributed by atoms with E-state index in [1.165, 1.54) is 12.1 Å². The Morgan fingerprint density at radius 3 is 2.94 bits per heavy atom. The van der Waals surface area contributed by atoms with Crippen LogP contribution in [0.1, 0.15) is 25.0 Å². The Labute approximate surface area is 98.4 Å². The van der Waals surface area contributed by atoms with Gasteiger partial charge in [-0.2, -0.15) is 0 Å². The van der Waals surface area contributed by atoms with Gasteiger partial charge in [-0.15, -0.1) is 0 Å². The molecule has 88 valence electrons. The van der Waals surface area contributed by atoms with Gasteiger partial charge in [0.05, 0.1) is 0 Å². The molecule has 1 heterocycles. The van der Waals surface area contributed by atoms with Crippen molar-refractivity contribution in [2.45, 2.75) is 25.7 Å². The van der Waals surface area contributed by atoms with Gasteiger partial charge in [0.2, 0.25) is 0 Å². The van der Waals surface area contributed by atoms with Crippen molar-refractivity contribution in [3.05, 3.63) is 35.8 Å². The molecular weight excluding hydrogens is 219 g/mol. The Balaban J connectivity index is 1.74. The van der Waals surface area contributed by atoms with Crippen LogP contribution in [-0.4, -0.2) is 5.78 Å². The second-order valence-electron chi connectivity index (χ2n) is 4.64. The number of fused-ring (bicyclic) bond motifs is 1. The molecule has 0 amide bonds. The summed E-state index contributed by atoms with van der Waals surface area (Å²) in [7, 11) is 0. The van der Waals surface area contributed by atoms with Gasteiger partial charge in [0.1, 0.15) is 22.9 Å². The Bertz CT molecular complexity index is 567. The second-order valence-corrected chi connectivity index (χ2v) is 4.64. The van der Waals surface area contributed by atoms with Crippen molar-refractivity contribution in [1.82, 2.24) is 0 Å². The predicted octanol–water partition coefficient (Wildman–Crippen LogP) is 3.48. The molecule has 0 spiro atoms. The number of carbonyl (C=O) groups is 1. The molecule has 0 radical (unpaired) electrons. The number of aryl methyl sites for hydroxylation is 1. The SMILES string of the molecule is O=C(CCc1cc2cc(F)ccc2o1)C1CC1. The van der Waals surface area contributed by atoms with Crippen LogP contribution >= 0.6 is 0 Å². The Kier molecular flexibility index (Phi) is 2.46. The normalized spacial score (nSPS) is 15.4. The molecule has 17 heavy (non-hydrogen) atoms. The van der Waals surface area contributed by atoms with Crippen LogP contribution < -0.4 is 0 Å². The van der Waals surface area contributed by atoms with Gasteiger partial charge >= 0.3 is 0 Å². The fourth-order valence-corrected chi connectivity index (χ4v) is 2.05. The van der Waals surface area contributed by atoms with Crippen molar-refractivity contribution >= 4 is 16.8 Å². The van der Waals surface area contributed by atoms with Crippen molar-refractivity contribution in [1.29, 1.82) is 0 Å². The van der Waals surface area contributed by atoms with Crippen LogP contribution in [0, 0.1) is 11.7 Å². The molecule has 3 heteroatoms. The summed E-state index contributed by atoms with van der Waals surface area (Å²) in [6.07, 6.45) is 3.24. The lowest BCUT2D eigenvalue weighted by Gasteiger charge is -1.95. The van der Waals surface area contributed by atoms with E-state index in [0.717, 1.165) is 24.0 Å². The van der Waals surface area contributed by atoms with E-state index in [1.54, 1.807) is 6.07 Å². The van der Waals surface area contributed by atoms with E-state index >= 15 is 0 Å². The van der Waals surface area contributed by atoms with E-state index in [-0.39, 0.29) is 5.82 Å². The molecule has 2 aromatic rings. The summed E-state index contributed by atoms with van der Waals surface area (Å²) in [6.45, 7) is 0. The van der Waals surface area contributed by atoms with E-state index in [0.29, 0.717) is 30.1 Å². The van der Waals surface area contributed by atoms with Crippen LogP contribution in [0.25, 0.3) is 11.0 Å². The van der Waals surface area contributed by atoms with Gasteiger partial charge in [0.15, 0.2) is 0 Å². The molecule has 0 atom stereocenters. The second kappa shape index (κ2) is 3.99. The number of ketones is 1. The van der Waals surface area contributed by atoms with Crippen molar-refractivity contribution in [2.75, 3.05) is 0 Å². The van der Waals surface area contributed by atoms with Crippen molar-refractivity contribution in [2.24, 2.45) is 5.92 Å². The van der Waals surface area contributed by atoms with E-state index in [4.69, 9.17) is 4.42 Å². The third-order valence-corrected chi connectivity index (χ3v) is 3.18. The summed E-state index contributed by atoms with van der Waals surface area (Å²) in [4.78, 5) is 11.5. The van der Waals surface area contributed by atoms with Gasteiger partial charge in [-0.3, -0.25) is 4.79 Å². The first-order valence-corrected chi connectivity index (χ1v) is 5.93. The minimum Gasteiger partial charge on any atom is -0.461 e. The van der Waals surface area contributed by atoms with Gasteiger partial charge in [0.25, 0.3) is 0 Å². The smallest absolute Gasteiger partial charge is 0.136 e. The monoisotopic (exact) mass is 232 g/mol. The van der Waals surface area contributed by atoms with E-state index in [9.17, 15) is 9.18 Å². The van der Waals surface area contributed by atoms with Gasteiger partial charge in [-0.25, -0.2) is 4.39 Å². The first-order valence-electron chi connectivity index (χ1n) is 5.93. The maximum atomic E-state index is 13.0. The molecule has 1 aliphatic rings. The molecule has 0 bridgehead atoms. The number of hydrogen-bond donors (Lipinski definition) is 0. The summed E-state index contributed by atoms with van der Waals surface area (Å²) in [6, 6.07) is 6.27. The molecular formula is C14H13FO2. The summed E-state index contributed by atoms with van der Waals surface area (Å²) in [5.41, 5.74) is 0.681. The van der Waals surface area contributed by atoms with E-state index in [2.05, 4.69) is 0 Å². The van der Waals surface area contributed by atoms with E-state index in [1.807, 2.05) is 6.07 Å². The van der Waals surface area contributed by atoms with Crippen LogP contribution in [0.3, 0.4) is 0 Å². The van der Waals surface area contributed by atoms with Gasteiger partial charge < -0.3 is 4.42 Å². The lowest BCUT2D eigenvalue weighted by atomic mass is 10.1. The summed E-state index contributed by atoms with van der Waals surface area (Å²) in [5, 5.41) is 0.763. The Hall–Kier alpha value is -1.64. The first-order chi connectivity index (χ1) is 8.22. The number of halogens is 1. The van der Waals surface area contributed by atoms with Crippen LogP contribution in [0.4, 0.5) is 4.39 Å². The van der Waals surface area contributed by atoms with Crippen LogP contribution in [0.15, 0.2) is 28.7 Å². The highest BCUT2D eigenvalue weighted by atomic mass is 19.1. The quantitative estimate of drug-likeness (QED) is 0.807. The average molecular weight is 232 g/mol. The Morgan fingerprint density at radius 1 is 1.35 bits per heavy atom. The maximum absolute atomic E-state index is 13.0. The highest BCUT2D eigenvalue weighted by Gasteiger charge is 2.28. The summed E-state index contributed by atoms with van der Waals surface area (Å²) >= 11 is 0. The van der Waals surface area contributed by atoms with Crippen LogP contribution in [0.5, 0.6) is 0 Å². The molecule has 1 saturated carbocycles. The number of furan rings is 1. The van der Waals surface area contributed by atoms with Crippen LogP contribution in [-0.2, 0) is 11.2 Å². The highest BCUT2D eigenvalue weighted by Crippen LogP contribution is 2.31. The molecule has 1 fully saturated rings. The molecule has 3 rings (SSSR count). The zero-order valence-corrected chi connectivity index (χ0v) is 9.41. The fraction of sp³-hybridized carbons (Fsp3) is 0.357. The largest absolute Gasteiger partial charge is 0.461 e. The maximum Gasteiger partial charge on any atom is 0.136 e. The molecule has 0 N–H and O–H groups in total. The number of carbonyl (C=O) groups excluding carboxylic acids is 1. The van der Waals surface area contributed by atoms with Crippen LogP contribution in [0.2, 0.25) is 0 Å². The molecule has 0 aliphatic heterocycles. The number of Topliss-reactive ketones (excluding diaryl/α,β-unsaturated/α-hetero) is 1. The van der Waals surface area contributed by atoms with Gasteiger partial charge in [-0.1, -0.05) is 0 Å². The predicted molar refractivity (Wildman–Crippen MR) is 62.2 cm³/mol. The number of hydrogen-bond acceptors (Lipinski definition) is 2. The summed E-state index contributed by atoms with van der Waals surface area (Å²) < 4.78 is 18.5. The van der Waals surface area contributed by atoms with E-state index < -0.39 is 0 Å². The highest BCUT2D eigenvalue weighted by molar-refractivity contribution is 5.83. The molecule has 0 unspecified atom stereocenters. The number of benzene rings is 1. The molecule has 1 aromatic heterocycles. The third kappa shape index (κ3) is 2.23. The van der Waals surface area contributed by atoms with Crippen molar-refractivity contribution < 1.29 is 13.6 Å². The third-order valence-electron chi connectivity index (χ3n) is 3.18. The standard InChI is InChI=1S/C14H13FO2/c15-11-3-6-14-10(7-11)8-12(17-14)4-5-13(16)9-1-2-9/h3,6-9H,1-2,4-5H2. The van der Waals surface area contributed by atoms with Gasteiger partial charge in [0, 0.05) is 24.1 Å². The first kappa shape index (κ1) is 10.5. The topological polar surface area (TPSA) is 30.2 Å². The molecule has 0 saturated heterocycles. The zero-order chi connectivity index (χ0) is 11.8. The Morgan fingerprint density at radius 2 is 2.18 bits per heavy atom. The van der Waals surface area contributed by atoms with Crippen molar-refractivity contribution in [3.8, 4) is 0 Å². The lowest BCUT2D eigenvalue weighted by molar-refractivity contribution is -0.120. The zero-order valence-electron chi connectivity index (χ0n) is 9.41. The molecule has 2 nitrogen and oxygen atoms in total. The minimum atomic E-state index is -0.265. The average Bonchev–Trinajstić information content (AvgIpc) is 3.07. The van der Waals surface area contributed by atoms with Crippen molar-refractivity contribution in [3.63, 3.8) is 0 Å². The number of rotatable bonds is 4. The summed E-state index contributed by atoms with van der Waals surface area (Å²) in [5.74, 6) is 1.13. The molecule has 1 aliphatic carbocycles.